The number of ether oxygens (including phenoxy) is 1. The number of carbonyl (C=O) groups excluding carboxylic acids is 1. The topological polar surface area (TPSA) is 54.5 Å². The fourth-order valence-corrected chi connectivity index (χ4v) is 3.37. The van der Waals surface area contributed by atoms with E-state index in [1.807, 2.05) is 65.6 Å². The number of anilines is 1. The number of nitrogens with one attached hydrogen (secondary N) is 1. The lowest BCUT2D eigenvalue weighted by molar-refractivity contribution is 0.0685. The first-order valence-electron chi connectivity index (χ1n) is 8.95. The smallest absolute Gasteiger partial charge is 0.257 e. The first-order valence-corrected chi connectivity index (χ1v) is 8.95. The molecule has 1 aliphatic heterocycles. The number of nitrogens with zero attached hydrogens (tertiary/aromatic N) is 2. The molecule has 5 heteroatoms. The summed E-state index contributed by atoms with van der Waals surface area (Å²) in [7, 11) is 1.66. The van der Waals surface area contributed by atoms with Crippen LogP contribution < -0.4 is 10.1 Å². The van der Waals surface area contributed by atoms with Crippen molar-refractivity contribution >= 4 is 11.6 Å². The molecule has 0 radical (unpaired) electrons. The molecular formula is C22H21N3O2. The fourth-order valence-electron chi connectivity index (χ4n) is 3.37. The van der Waals surface area contributed by atoms with Crippen molar-refractivity contribution in [2.24, 2.45) is 0 Å². The summed E-state index contributed by atoms with van der Waals surface area (Å²) in [5.74, 6) is 0.873. The van der Waals surface area contributed by atoms with E-state index in [0.717, 1.165) is 29.0 Å². The van der Waals surface area contributed by atoms with E-state index in [4.69, 9.17) is 4.74 Å². The Labute approximate surface area is 158 Å². The molecule has 2 heterocycles. The van der Waals surface area contributed by atoms with Gasteiger partial charge in [-0.05, 0) is 53.9 Å². The first-order chi connectivity index (χ1) is 13.3. The Bertz CT molecular complexity index is 926. The minimum absolute atomic E-state index is 0.0414. The molecule has 5 nitrogen and oxygen atoms in total. The lowest BCUT2D eigenvalue weighted by Gasteiger charge is -2.38. The van der Waals surface area contributed by atoms with E-state index >= 15 is 0 Å². The number of hydrogen-bond acceptors (Lipinski definition) is 4. The van der Waals surface area contributed by atoms with Gasteiger partial charge in [-0.3, -0.25) is 9.78 Å². The zero-order chi connectivity index (χ0) is 18.6. The molecule has 1 aromatic heterocycles. The fraction of sp³-hybridized carbons (Fsp3) is 0.182. The maximum atomic E-state index is 13.2. The summed E-state index contributed by atoms with van der Waals surface area (Å²) in [6.45, 7) is 0.611. The van der Waals surface area contributed by atoms with E-state index in [0.29, 0.717) is 12.1 Å². The molecule has 2 aromatic carbocycles. The second kappa shape index (κ2) is 7.50. The SMILES string of the molecule is COc1ccc(CCN2C(=O)c3ccccc3N[C@@H]2c2ccncc2)cc1. The third-order valence-electron chi connectivity index (χ3n) is 4.84. The van der Waals surface area contributed by atoms with Crippen LogP contribution in [0.1, 0.15) is 27.7 Å². The molecule has 27 heavy (non-hydrogen) atoms. The van der Waals surface area contributed by atoms with Crippen molar-refractivity contribution in [1.82, 2.24) is 9.88 Å². The molecular weight excluding hydrogens is 338 g/mol. The molecule has 0 spiro atoms. The Morgan fingerprint density at radius 1 is 1.04 bits per heavy atom. The quantitative estimate of drug-likeness (QED) is 0.751. The van der Waals surface area contributed by atoms with E-state index < -0.39 is 0 Å². The zero-order valence-electron chi connectivity index (χ0n) is 15.1. The second-order valence-electron chi connectivity index (χ2n) is 6.47. The number of aromatic nitrogens is 1. The number of fused-ring (bicyclic) bond motifs is 1. The van der Waals surface area contributed by atoms with Crippen molar-refractivity contribution in [3.8, 4) is 5.75 Å². The van der Waals surface area contributed by atoms with Crippen LogP contribution >= 0.6 is 0 Å². The van der Waals surface area contributed by atoms with Crippen molar-refractivity contribution in [3.63, 3.8) is 0 Å². The summed E-state index contributed by atoms with van der Waals surface area (Å²) in [5.41, 5.74) is 3.75. The van der Waals surface area contributed by atoms with Crippen molar-refractivity contribution in [3.05, 3.63) is 89.7 Å². The van der Waals surface area contributed by atoms with Crippen LogP contribution in [0.4, 0.5) is 5.69 Å². The van der Waals surface area contributed by atoms with Crippen molar-refractivity contribution in [2.75, 3.05) is 19.0 Å². The Hall–Kier alpha value is -3.34. The van der Waals surface area contributed by atoms with Gasteiger partial charge in [0.15, 0.2) is 0 Å². The number of rotatable bonds is 5. The first kappa shape index (κ1) is 17.1. The van der Waals surface area contributed by atoms with Gasteiger partial charge in [-0.25, -0.2) is 0 Å². The molecule has 1 amide bonds. The molecule has 0 saturated heterocycles. The molecule has 4 rings (SSSR count). The molecule has 0 aliphatic carbocycles. The van der Waals surface area contributed by atoms with Crippen LogP contribution in [0.5, 0.6) is 5.75 Å². The van der Waals surface area contributed by atoms with E-state index in [1.54, 1.807) is 19.5 Å². The molecule has 1 N–H and O–H groups in total. The van der Waals surface area contributed by atoms with Crippen molar-refractivity contribution < 1.29 is 9.53 Å². The lowest BCUT2D eigenvalue weighted by Crippen LogP contribution is -2.44. The highest BCUT2D eigenvalue weighted by Crippen LogP contribution is 2.32. The highest BCUT2D eigenvalue weighted by molar-refractivity contribution is 6.01. The Morgan fingerprint density at radius 3 is 2.52 bits per heavy atom. The van der Waals surface area contributed by atoms with E-state index in [-0.39, 0.29) is 12.1 Å². The summed E-state index contributed by atoms with van der Waals surface area (Å²) < 4.78 is 5.21. The van der Waals surface area contributed by atoms with Gasteiger partial charge in [0, 0.05) is 24.6 Å². The van der Waals surface area contributed by atoms with Gasteiger partial charge in [-0.1, -0.05) is 24.3 Å². The third kappa shape index (κ3) is 3.49. The predicted molar refractivity (Wildman–Crippen MR) is 105 cm³/mol. The van der Waals surface area contributed by atoms with Crippen LogP contribution in [-0.4, -0.2) is 29.4 Å². The number of amides is 1. The summed E-state index contributed by atoms with van der Waals surface area (Å²) in [4.78, 5) is 19.2. The third-order valence-corrected chi connectivity index (χ3v) is 4.84. The summed E-state index contributed by atoms with van der Waals surface area (Å²) in [6.07, 6.45) is 4.06. The van der Waals surface area contributed by atoms with Crippen LogP contribution in [0.2, 0.25) is 0 Å². The highest BCUT2D eigenvalue weighted by Gasteiger charge is 2.32. The number of hydrogen-bond donors (Lipinski definition) is 1. The maximum Gasteiger partial charge on any atom is 0.257 e. The minimum atomic E-state index is -0.214. The molecule has 1 aliphatic rings. The van der Waals surface area contributed by atoms with Gasteiger partial charge >= 0.3 is 0 Å². The number of pyridine rings is 1. The summed E-state index contributed by atoms with van der Waals surface area (Å²) in [6, 6.07) is 19.5. The Morgan fingerprint density at radius 2 is 1.78 bits per heavy atom. The molecule has 0 bridgehead atoms. The van der Waals surface area contributed by atoms with Crippen LogP contribution in [0.15, 0.2) is 73.1 Å². The lowest BCUT2D eigenvalue weighted by atomic mass is 10.0. The molecule has 0 unspecified atom stereocenters. The summed E-state index contributed by atoms with van der Waals surface area (Å²) in [5, 5.41) is 3.51. The van der Waals surface area contributed by atoms with Crippen molar-refractivity contribution in [2.45, 2.75) is 12.6 Å². The molecule has 3 aromatic rings. The van der Waals surface area contributed by atoms with Crippen LogP contribution in [0, 0.1) is 0 Å². The largest absolute Gasteiger partial charge is 0.497 e. The average Bonchev–Trinajstić information content (AvgIpc) is 2.74. The molecule has 0 saturated carbocycles. The number of para-hydroxylation sites is 1. The van der Waals surface area contributed by atoms with Crippen LogP contribution in [0.25, 0.3) is 0 Å². The average molecular weight is 359 g/mol. The minimum Gasteiger partial charge on any atom is -0.497 e. The van der Waals surface area contributed by atoms with Crippen LogP contribution in [0.3, 0.4) is 0 Å². The monoisotopic (exact) mass is 359 g/mol. The maximum absolute atomic E-state index is 13.2. The van der Waals surface area contributed by atoms with E-state index in [1.165, 1.54) is 0 Å². The van der Waals surface area contributed by atoms with Crippen LogP contribution in [-0.2, 0) is 6.42 Å². The standard InChI is InChI=1S/C22H21N3O2/c1-27-18-8-6-16(7-9-18)12-15-25-21(17-10-13-23-14-11-17)24-20-5-3-2-4-19(20)22(25)26/h2-11,13-14,21,24H,12,15H2,1H3/t21-/m0/s1. The number of carbonyl (C=O) groups is 1. The molecule has 136 valence electrons. The number of methoxy groups -OCH3 is 1. The van der Waals surface area contributed by atoms with Gasteiger partial charge in [0.05, 0.1) is 12.7 Å². The van der Waals surface area contributed by atoms with Crippen molar-refractivity contribution in [1.29, 1.82) is 0 Å². The van der Waals surface area contributed by atoms with Gasteiger partial charge in [0.25, 0.3) is 5.91 Å². The Balaban J connectivity index is 1.61. The van der Waals surface area contributed by atoms with Gasteiger partial charge in [0.2, 0.25) is 0 Å². The highest BCUT2D eigenvalue weighted by atomic mass is 16.5. The van der Waals surface area contributed by atoms with E-state index in [9.17, 15) is 4.79 Å². The van der Waals surface area contributed by atoms with E-state index in [2.05, 4.69) is 10.3 Å². The van der Waals surface area contributed by atoms with Gasteiger partial charge in [-0.2, -0.15) is 0 Å². The zero-order valence-corrected chi connectivity index (χ0v) is 15.1. The molecule has 0 fully saturated rings. The molecule has 1 atom stereocenters. The second-order valence-corrected chi connectivity index (χ2v) is 6.47. The normalized spacial score (nSPS) is 15.8. The predicted octanol–water partition coefficient (Wildman–Crippen LogP) is 3.90. The Kier molecular flexibility index (Phi) is 4.75. The van der Waals surface area contributed by atoms with Gasteiger partial charge in [0.1, 0.15) is 11.9 Å². The summed E-state index contributed by atoms with van der Waals surface area (Å²) >= 11 is 0. The van der Waals surface area contributed by atoms with Gasteiger partial charge in [-0.15, -0.1) is 0 Å². The number of benzene rings is 2. The van der Waals surface area contributed by atoms with Gasteiger partial charge < -0.3 is 15.0 Å².